The van der Waals surface area contributed by atoms with Crippen molar-refractivity contribution in [2.24, 2.45) is 0 Å². The van der Waals surface area contributed by atoms with Gasteiger partial charge >= 0.3 is 0 Å². The molecule has 2 heteroatoms. The molecular formula is C18H20BrCl. The van der Waals surface area contributed by atoms with E-state index in [1.165, 1.54) is 22.3 Å². The van der Waals surface area contributed by atoms with Crippen LogP contribution < -0.4 is 0 Å². The predicted molar refractivity (Wildman–Crippen MR) is 92.0 cm³/mol. The van der Waals surface area contributed by atoms with Crippen molar-refractivity contribution in [3.05, 3.63) is 69.7 Å². The minimum atomic E-state index is 0.304. The lowest BCUT2D eigenvalue weighted by Crippen LogP contribution is -1.99. The van der Waals surface area contributed by atoms with E-state index in [1.54, 1.807) is 0 Å². The van der Waals surface area contributed by atoms with Gasteiger partial charge in [0.25, 0.3) is 0 Å². The minimum absolute atomic E-state index is 0.304. The van der Waals surface area contributed by atoms with Crippen LogP contribution >= 0.6 is 27.5 Å². The van der Waals surface area contributed by atoms with Gasteiger partial charge < -0.3 is 0 Å². The van der Waals surface area contributed by atoms with Crippen LogP contribution in [0, 0.1) is 0 Å². The molecule has 106 valence electrons. The molecule has 2 aromatic rings. The van der Waals surface area contributed by atoms with Crippen molar-refractivity contribution in [3.8, 4) is 0 Å². The van der Waals surface area contributed by atoms with Crippen molar-refractivity contribution in [3.63, 3.8) is 0 Å². The van der Waals surface area contributed by atoms with Crippen LogP contribution in [0.2, 0.25) is 5.02 Å². The summed E-state index contributed by atoms with van der Waals surface area (Å²) in [4.78, 5) is 0.304. The van der Waals surface area contributed by atoms with Gasteiger partial charge in [0.2, 0.25) is 0 Å². The summed E-state index contributed by atoms with van der Waals surface area (Å²) < 4.78 is 0. The zero-order chi connectivity index (χ0) is 14.5. The lowest BCUT2D eigenvalue weighted by Gasteiger charge is -2.14. The summed E-state index contributed by atoms with van der Waals surface area (Å²) in [6.07, 6.45) is 3.10. The summed E-state index contributed by atoms with van der Waals surface area (Å²) in [6.45, 7) is 4.43. The zero-order valence-corrected chi connectivity index (χ0v) is 14.3. The van der Waals surface area contributed by atoms with Gasteiger partial charge in [0.05, 0.1) is 0 Å². The van der Waals surface area contributed by atoms with E-state index in [2.05, 4.69) is 54.0 Å². The Morgan fingerprint density at radius 2 is 1.65 bits per heavy atom. The molecule has 0 radical (unpaired) electrons. The normalized spacial score (nSPS) is 12.4. The number of halogens is 2. The largest absolute Gasteiger partial charge is 0.0840 e. The molecule has 0 bridgehead atoms. The second kappa shape index (κ2) is 7.28. The van der Waals surface area contributed by atoms with Gasteiger partial charge in [-0.3, -0.25) is 0 Å². The zero-order valence-electron chi connectivity index (χ0n) is 12.0. The lowest BCUT2D eigenvalue weighted by atomic mass is 9.97. The van der Waals surface area contributed by atoms with E-state index < -0.39 is 0 Å². The quantitative estimate of drug-likeness (QED) is 0.567. The van der Waals surface area contributed by atoms with Crippen molar-refractivity contribution >= 4 is 27.5 Å². The number of alkyl halides is 1. The summed E-state index contributed by atoms with van der Waals surface area (Å²) in [7, 11) is 0. The highest BCUT2D eigenvalue weighted by Crippen LogP contribution is 2.31. The van der Waals surface area contributed by atoms with Crippen LogP contribution in [0.3, 0.4) is 0 Å². The third-order valence-corrected chi connectivity index (χ3v) is 4.93. The summed E-state index contributed by atoms with van der Waals surface area (Å²) in [6, 6.07) is 14.9. The van der Waals surface area contributed by atoms with E-state index in [4.69, 9.17) is 11.6 Å². The Hall–Kier alpha value is -0.790. The fraction of sp³-hybridized carbons (Fsp3) is 0.333. The first-order valence-corrected chi connectivity index (χ1v) is 8.44. The minimum Gasteiger partial charge on any atom is -0.0840 e. The first-order chi connectivity index (χ1) is 9.65. The molecule has 0 heterocycles. The van der Waals surface area contributed by atoms with Gasteiger partial charge in [-0.1, -0.05) is 77.8 Å². The van der Waals surface area contributed by atoms with Gasteiger partial charge in [-0.15, -0.1) is 0 Å². The van der Waals surface area contributed by atoms with Gasteiger partial charge in [-0.2, -0.15) is 0 Å². The molecule has 0 spiro atoms. The molecule has 0 fully saturated rings. The third-order valence-electron chi connectivity index (χ3n) is 3.71. The van der Waals surface area contributed by atoms with Crippen molar-refractivity contribution in [1.82, 2.24) is 0 Å². The van der Waals surface area contributed by atoms with Crippen molar-refractivity contribution in [1.29, 1.82) is 0 Å². The van der Waals surface area contributed by atoms with E-state index in [0.717, 1.165) is 24.3 Å². The van der Waals surface area contributed by atoms with Gasteiger partial charge in [-0.25, -0.2) is 0 Å². The molecule has 0 aliphatic heterocycles. The van der Waals surface area contributed by atoms with Crippen molar-refractivity contribution < 1.29 is 0 Å². The molecule has 0 N–H and O–H groups in total. The third kappa shape index (κ3) is 3.65. The van der Waals surface area contributed by atoms with E-state index in [0.29, 0.717) is 4.83 Å². The van der Waals surface area contributed by atoms with Gasteiger partial charge in [0, 0.05) is 9.85 Å². The molecule has 0 amide bonds. The van der Waals surface area contributed by atoms with Gasteiger partial charge in [-0.05, 0) is 47.6 Å². The molecule has 1 atom stereocenters. The van der Waals surface area contributed by atoms with Crippen LogP contribution in [-0.4, -0.2) is 0 Å². The van der Waals surface area contributed by atoms with Gasteiger partial charge in [0.1, 0.15) is 0 Å². The second-order valence-electron chi connectivity index (χ2n) is 5.00. The maximum atomic E-state index is 6.24. The molecule has 0 saturated carbocycles. The predicted octanol–water partition coefficient (Wildman–Crippen LogP) is 6.14. The molecule has 0 aromatic heterocycles. The Balaban J connectivity index is 2.21. The Morgan fingerprint density at radius 1 is 0.950 bits per heavy atom. The number of benzene rings is 2. The van der Waals surface area contributed by atoms with Crippen LogP contribution in [0.4, 0.5) is 0 Å². The van der Waals surface area contributed by atoms with E-state index in [-0.39, 0.29) is 0 Å². The summed E-state index contributed by atoms with van der Waals surface area (Å²) >= 11 is 10.0. The number of hydrogen-bond donors (Lipinski definition) is 0. The van der Waals surface area contributed by atoms with Crippen LogP contribution in [0.5, 0.6) is 0 Å². The van der Waals surface area contributed by atoms with Crippen molar-refractivity contribution in [2.45, 2.75) is 37.9 Å². The average Bonchev–Trinajstić information content (AvgIpc) is 2.48. The smallest absolute Gasteiger partial charge is 0.0438 e. The summed E-state index contributed by atoms with van der Waals surface area (Å²) in [5, 5.41) is 0.845. The number of hydrogen-bond acceptors (Lipinski definition) is 0. The number of rotatable bonds is 5. The van der Waals surface area contributed by atoms with E-state index >= 15 is 0 Å². The topological polar surface area (TPSA) is 0 Å². The summed E-state index contributed by atoms with van der Waals surface area (Å²) in [5.41, 5.74) is 5.43. The lowest BCUT2D eigenvalue weighted by molar-refractivity contribution is 0.934. The molecule has 2 aromatic carbocycles. The molecule has 0 saturated heterocycles. The molecule has 2 rings (SSSR count). The molecular weight excluding hydrogens is 332 g/mol. The Bertz CT molecular complexity index is 577. The first kappa shape index (κ1) is 15.6. The number of aryl methyl sites for hydroxylation is 2. The van der Waals surface area contributed by atoms with Crippen molar-refractivity contribution in [2.75, 3.05) is 0 Å². The van der Waals surface area contributed by atoms with E-state index in [1.807, 2.05) is 18.2 Å². The van der Waals surface area contributed by atoms with Crippen LogP contribution in [0.15, 0.2) is 42.5 Å². The highest BCUT2D eigenvalue weighted by molar-refractivity contribution is 9.09. The Kier molecular flexibility index (Phi) is 5.68. The fourth-order valence-corrected chi connectivity index (χ4v) is 3.34. The summed E-state index contributed by atoms with van der Waals surface area (Å²) in [5.74, 6) is 0. The Labute approximate surface area is 135 Å². The maximum Gasteiger partial charge on any atom is 0.0438 e. The fourth-order valence-electron chi connectivity index (χ4n) is 2.49. The molecule has 0 aliphatic rings. The molecule has 1 unspecified atom stereocenters. The average molecular weight is 352 g/mol. The maximum absolute atomic E-state index is 6.24. The monoisotopic (exact) mass is 350 g/mol. The standard InChI is InChI=1S/C18H20BrCl/c1-3-13-9-10-15(11-14(13)4-2)17(19)12-16-7-5-6-8-18(16)20/h5-11,17H,3-4,12H2,1-2H3. The Morgan fingerprint density at radius 3 is 2.30 bits per heavy atom. The first-order valence-electron chi connectivity index (χ1n) is 7.14. The molecule has 0 nitrogen and oxygen atoms in total. The second-order valence-corrected chi connectivity index (χ2v) is 6.51. The van der Waals surface area contributed by atoms with Crippen LogP contribution in [0.25, 0.3) is 0 Å². The van der Waals surface area contributed by atoms with Crippen LogP contribution in [-0.2, 0) is 19.3 Å². The highest BCUT2D eigenvalue weighted by Gasteiger charge is 2.12. The molecule has 0 aliphatic carbocycles. The highest BCUT2D eigenvalue weighted by atomic mass is 79.9. The van der Waals surface area contributed by atoms with Gasteiger partial charge in [0.15, 0.2) is 0 Å². The van der Waals surface area contributed by atoms with E-state index in [9.17, 15) is 0 Å². The van der Waals surface area contributed by atoms with Crippen LogP contribution in [0.1, 0.15) is 40.9 Å². The molecule has 20 heavy (non-hydrogen) atoms. The SMILES string of the molecule is CCc1ccc(C(Br)Cc2ccccc2Cl)cc1CC.